The molecule has 0 amide bonds. The highest BCUT2D eigenvalue weighted by molar-refractivity contribution is 6.35. The van der Waals surface area contributed by atoms with Crippen molar-refractivity contribution in [3.8, 4) is 11.5 Å². The Balaban J connectivity index is 1.59. The molecule has 30 heavy (non-hydrogen) atoms. The molecular weight excluding hydrogens is 445 g/mol. The zero-order chi connectivity index (χ0) is 21.3. The summed E-state index contributed by atoms with van der Waals surface area (Å²) in [5, 5.41) is 5.19. The molecule has 1 heterocycles. The summed E-state index contributed by atoms with van der Waals surface area (Å²) in [6, 6.07) is 9.03. The number of benzene rings is 2. The molecule has 0 radical (unpaired) electrons. The molecule has 8 heteroatoms. The van der Waals surface area contributed by atoms with Crippen LogP contribution >= 0.6 is 34.8 Å². The van der Waals surface area contributed by atoms with Gasteiger partial charge in [-0.3, -0.25) is 0 Å². The fourth-order valence-electron chi connectivity index (χ4n) is 2.92. The fraction of sp³-hybridized carbons (Fsp3) is 0.318. The number of hydrogen-bond donors (Lipinski definition) is 1. The monoisotopic (exact) mass is 467 g/mol. The van der Waals surface area contributed by atoms with Gasteiger partial charge in [0.15, 0.2) is 11.5 Å². The molecule has 2 aromatic carbocycles. The number of rotatable bonds is 11. The number of nitrogens with zero attached hydrogens (tertiary/aromatic N) is 2. The predicted molar refractivity (Wildman–Crippen MR) is 122 cm³/mol. The first-order chi connectivity index (χ1) is 14.6. The molecule has 0 spiro atoms. The summed E-state index contributed by atoms with van der Waals surface area (Å²) in [7, 11) is 0. The van der Waals surface area contributed by atoms with Crippen molar-refractivity contribution in [2.24, 2.45) is 0 Å². The van der Waals surface area contributed by atoms with Gasteiger partial charge in [-0.2, -0.15) is 0 Å². The first-order valence-corrected chi connectivity index (χ1v) is 10.9. The standard InChI is InChI=1S/C22H24Cl3N3O2/c1-2-29-21-10-17(13-26-6-3-8-28-9-7-27-15-28)20(25)12-22(21)30-14-16-4-5-18(23)11-19(16)24/h4-5,7,9-12,15,26H,2-3,6,8,13-14H2,1H3. The molecular formula is C22H24Cl3N3O2. The molecule has 0 saturated heterocycles. The Kier molecular flexibility index (Phi) is 8.70. The van der Waals surface area contributed by atoms with Crippen LogP contribution in [0.2, 0.25) is 15.1 Å². The second-order valence-corrected chi connectivity index (χ2v) is 7.93. The minimum Gasteiger partial charge on any atom is -0.490 e. The Morgan fingerprint density at radius 1 is 1.00 bits per heavy atom. The van der Waals surface area contributed by atoms with Gasteiger partial charge in [-0.05, 0) is 43.7 Å². The number of ether oxygens (including phenoxy) is 2. The van der Waals surface area contributed by atoms with Crippen molar-refractivity contribution in [3.05, 3.63) is 75.2 Å². The minimum absolute atomic E-state index is 0.290. The molecule has 160 valence electrons. The lowest BCUT2D eigenvalue weighted by Gasteiger charge is -2.16. The summed E-state index contributed by atoms with van der Waals surface area (Å²) >= 11 is 18.7. The molecule has 0 saturated carbocycles. The third kappa shape index (κ3) is 6.54. The van der Waals surface area contributed by atoms with Crippen LogP contribution in [0.1, 0.15) is 24.5 Å². The van der Waals surface area contributed by atoms with Crippen LogP contribution in [-0.4, -0.2) is 22.7 Å². The Morgan fingerprint density at radius 3 is 2.53 bits per heavy atom. The van der Waals surface area contributed by atoms with Gasteiger partial charge in [0.1, 0.15) is 6.61 Å². The first-order valence-electron chi connectivity index (χ1n) is 9.75. The lowest BCUT2D eigenvalue weighted by atomic mass is 10.2. The van der Waals surface area contributed by atoms with Gasteiger partial charge in [0.25, 0.3) is 0 Å². The molecule has 0 bridgehead atoms. The molecule has 0 aliphatic rings. The number of hydrogen-bond acceptors (Lipinski definition) is 4. The quantitative estimate of drug-likeness (QED) is 0.351. The molecule has 3 aromatic rings. The Hall–Kier alpha value is -1.92. The summed E-state index contributed by atoms with van der Waals surface area (Å²) in [4.78, 5) is 4.04. The van der Waals surface area contributed by atoms with Crippen LogP contribution in [0.5, 0.6) is 11.5 Å². The van der Waals surface area contributed by atoms with Crippen LogP contribution in [0.3, 0.4) is 0 Å². The largest absolute Gasteiger partial charge is 0.490 e. The summed E-state index contributed by atoms with van der Waals surface area (Å²) in [5.74, 6) is 1.24. The van der Waals surface area contributed by atoms with Gasteiger partial charge in [-0.1, -0.05) is 40.9 Å². The maximum absolute atomic E-state index is 6.50. The number of aryl methyl sites for hydroxylation is 1. The number of aromatic nitrogens is 2. The SMILES string of the molecule is CCOc1cc(CNCCCn2ccnc2)c(Cl)cc1OCc1ccc(Cl)cc1Cl. The molecule has 0 aliphatic carbocycles. The molecule has 5 nitrogen and oxygen atoms in total. The maximum Gasteiger partial charge on any atom is 0.163 e. The van der Waals surface area contributed by atoms with E-state index in [0.29, 0.717) is 39.7 Å². The van der Waals surface area contributed by atoms with Crippen LogP contribution < -0.4 is 14.8 Å². The van der Waals surface area contributed by atoms with Crippen molar-refractivity contribution in [2.45, 2.75) is 33.0 Å². The highest BCUT2D eigenvalue weighted by Crippen LogP contribution is 2.35. The van der Waals surface area contributed by atoms with Crippen LogP contribution in [0.25, 0.3) is 0 Å². The van der Waals surface area contributed by atoms with Crippen LogP contribution in [-0.2, 0) is 19.7 Å². The van der Waals surface area contributed by atoms with Crippen molar-refractivity contribution in [1.29, 1.82) is 0 Å². The summed E-state index contributed by atoms with van der Waals surface area (Å²) < 4.78 is 13.8. The van der Waals surface area contributed by atoms with Crippen molar-refractivity contribution in [1.82, 2.24) is 14.9 Å². The van der Waals surface area contributed by atoms with E-state index in [4.69, 9.17) is 44.3 Å². The van der Waals surface area contributed by atoms with E-state index < -0.39 is 0 Å². The van der Waals surface area contributed by atoms with Crippen molar-refractivity contribution < 1.29 is 9.47 Å². The maximum atomic E-state index is 6.50. The molecule has 0 aliphatic heterocycles. The van der Waals surface area contributed by atoms with E-state index in [9.17, 15) is 0 Å². The predicted octanol–water partition coefficient (Wildman–Crippen LogP) is 6.00. The molecule has 1 aromatic heterocycles. The Morgan fingerprint density at radius 2 is 1.80 bits per heavy atom. The number of nitrogens with one attached hydrogen (secondary N) is 1. The van der Waals surface area contributed by atoms with Crippen molar-refractivity contribution in [3.63, 3.8) is 0 Å². The van der Waals surface area contributed by atoms with Crippen LogP contribution in [0.4, 0.5) is 0 Å². The van der Waals surface area contributed by atoms with E-state index in [2.05, 4.69) is 14.9 Å². The van der Waals surface area contributed by atoms with Gasteiger partial charge < -0.3 is 19.4 Å². The van der Waals surface area contributed by atoms with Crippen LogP contribution in [0, 0.1) is 0 Å². The van der Waals surface area contributed by atoms with Crippen LogP contribution in [0.15, 0.2) is 49.1 Å². The van der Waals surface area contributed by atoms with E-state index in [-0.39, 0.29) is 6.61 Å². The summed E-state index contributed by atoms with van der Waals surface area (Å²) in [6.45, 7) is 5.18. The third-order valence-corrected chi connectivity index (χ3v) is 5.39. The molecule has 0 atom stereocenters. The number of halogens is 3. The topological polar surface area (TPSA) is 48.3 Å². The lowest BCUT2D eigenvalue weighted by Crippen LogP contribution is -2.16. The molecule has 0 unspecified atom stereocenters. The fourth-order valence-corrected chi connectivity index (χ4v) is 3.60. The molecule has 3 rings (SSSR count). The Labute approximate surface area is 191 Å². The average Bonchev–Trinajstić information content (AvgIpc) is 3.23. The van der Waals surface area contributed by atoms with Gasteiger partial charge in [-0.25, -0.2) is 4.98 Å². The van der Waals surface area contributed by atoms with Gasteiger partial charge in [0.2, 0.25) is 0 Å². The first kappa shape index (κ1) is 22.8. The second-order valence-electron chi connectivity index (χ2n) is 6.68. The smallest absolute Gasteiger partial charge is 0.163 e. The van der Waals surface area contributed by atoms with Gasteiger partial charge in [0, 0.05) is 52.2 Å². The average molecular weight is 469 g/mol. The molecule has 0 fully saturated rings. The van der Waals surface area contributed by atoms with E-state index in [1.165, 1.54) is 0 Å². The van der Waals surface area contributed by atoms with E-state index in [1.807, 2.05) is 31.6 Å². The van der Waals surface area contributed by atoms with E-state index in [0.717, 1.165) is 30.6 Å². The zero-order valence-corrected chi connectivity index (χ0v) is 19.0. The van der Waals surface area contributed by atoms with Crippen molar-refractivity contribution in [2.75, 3.05) is 13.2 Å². The second kappa shape index (κ2) is 11.5. The minimum atomic E-state index is 0.290. The normalized spacial score (nSPS) is 10.9. The highest BCUT2D eigenvalue weighted by atomic mass is 35.5. The summed E-state index contributed by atoms with van der Waals surface area (Å²) in [5.41, 5.74) is 1.79. The summed E-state index contributed by atoms with van der Waals surface area (Å²) in [6.07, 6.45) is 6.56. The lowest BCUT2D eigenvalue weighted by molar-refractivity contribution is 0.269. The zero-order valence-electron chi connectivity index (χ0n) is 16.7. The Bertz CT molecular complexity index is 949. The van der Waals surface area contributed by atoms with Gasteiger partial charge in [0.05, 0.1) is 12.9 Å². The van der Waals surface area contributed by atoms with Gasteiger partial charge >= 0.3 is 0 Å². The third-order valence-electron chi connectivity index (χ3n) is 4.46. The molecule has 1 N–H and O–H groups in total. The van der Waals surface area contributed by atoms with Gasteiger partial charge in [-0.15, -0.1) is 0 Å². The number of imidazole rings is 1. The van der Waals surface area contributed by atoms with Crippen molar-refractivity contribution >= 4 is 34.8 Å². The van der Waals surface area contributed by atoms with E-state index >= 15 is 0 Å². The highest BCUT2D eigenvalue weighted by Gasteiger charge is 2.12. The van der Waals surface area contributed by atoms with E-state index in [1.54, 1.807) is 24.4 Å².